The van der Waals surface area contributed by atoms with Crippen LogP contribution in [0.15, 0.2) is 211 Å². The van der Waals surface area contributed by atoms with Gasteiger partial charge in [0, 0.05) is 32.9 Å². The predicted molar refractivity (Wildman–Crippen MR) is 249 cm³/mol. The fourth-order valence-corrected chi connectivity index (χ4v) is 9.51. The molecular weight excluding hydrogens is 733 g/mol. The standard InChI is InChI=1S/C56H34N2O2/c1-2-12-43-35(10-1)11-9-15-44(43)36-20-25-41(26-21-36)57-51-17-6-8-19-54(51)60-56-33-39(24-29-52(56)57)37-23-28-50-47(31-37)45-13-3-5-16-49(45)58(50)42-27-22-38-32-48-46-14-4-7-18-53(46)59-55(48)34-40(38)30-42/h1-34H. The van der Waals surface area contributed by atoms with E-state index in [4.69, 9.17) is 9.15 Å². The van der Waals surface area contributed by atoms with Crippen LogP contribution in [-0.2, 0) is 0 Å². The first-order valence-electron chi connectivity index (χ1n) is 20.4. The van der Waals surface area contributed by atoms with Crippen molar-refractivity contribution < 1.29 is 9.15 Å². The Bertz CT molecular complexity index is 3700. The first-order valence-corrected chi connectivity index (χ1v) is 20.4. The Morgan fingerprint density at radius 1 is 0.333 bits per heavy atom. The van der Waals surface area contributed by atoms with E-state index in [-0.39, 0.29) is 0 Å². The first kappa shape index (κ1) is 32.9. The molecule has 0 atom stereocenters. The summed E-state index contributed by atoms with van der Waals surface area (Å²) in [6, 6.07) is 73.8. The Hall–Kier alpha value is -8.08. The van der Waals surface area contributed by atoms with E-state index >= 15 is 0 Å². The third-order valence-corrected chi connectivity index (χ3v) is 12.3. The normalized spacial score (nSPS) is 12.4. The summed E-state index contributed by atoms with van der Waals surface area (Å²) in [6.45, 7) is 0. The highest BCUT2D eigenvalue weighted by Gasteiger charge is 2.26. The molecule has 1 aliphatic heterocycles. The second-order valence-electron chi connectivity index (χ2n) is 15.7. The highest BCUT2D eigenvalue weighted by atomic mass is 16.5. The molecule has 13 rings (SSSR count). The van der Waals surface area contributed by atoms with Crippen LogP contribution < -0.4 is 9.64 Å². The monoisotopic (exact) mass is 766 g/mol. The fourth-order valence-electron chi connectivity index (χ4n) is 9.51. The molecule has 0 N–H and O–H groups in total. The molecule has 10 aromatic carbocycles. The molecule has 0 radical (unpaired) electrons. The zero-order chi connectivity index (χ0) is 39.3. The minimum atomic E-state index is 0.821. The largest absolute Gasteiger partial charge is 0.456 e. The Morgan fingerprint density at radius 3 is 1.97 bits per heavy atom. The van der Waals surface area contributed by atoms with Crippen molar-refractivity contribution in [2.45, 2.75) is 0 Å². The van der Waals surface area contributed by atoms with Crippen molar-refractivity contribution in [2.24, 2.45) is 0 Å². The first-order chi connectivity index (χ1) is 29.7. The van der Waals surface area contributed by atoms with Crippen molar-refractivity contribution in [2.75, 3.05) is 4.90 Å². The van der Waals surface area contributed by atoms with Gasteiger partial charge < -0.3 is 18.6 Å². The van der Waals surface area contributed by atoms with Crippen LogP contribution in [0.4, 0.5) is 17.1 Å². The highest BCUT2D eigenvalue weighted by molar-refractivity contribution is 6.12. The maximum atomic E-state index is 6.68. The number of anilines is 3. The number of para-hydroxylation sites is 4. The second-order valence-corrected chi connectivity index (χ2v) is 15.7. The number of fused-ring (bicyclic) bond motifs is 10. The van der Waals surface area contributed by atoms with Crippen molar-refractivity contribution >= 4 is 82.4 Å². The summed E-state index contributed by atoms with van der Waals surface area (Å²) in [7, 11) is 0. The summed E-state index contributed by atoms with van der Waals surface area (Å²) in [5, 5.41) is 9.53. The predicted octanol–water partition coefficient (Wildman–Crippen LogP) is 15.9. The number of rotatable bonds is 4. The van der Waals surface area contributed by atoms with E-state index in [2.05, 4.69) is 198 Å². The van der Waals surface area contributed by atoms with Crippen molar-refractivity contribution in [3.8, 4) is 39.4 Å². The van der Waals surface area contributed by atoms with Crippen LogP contribution >= 0.6 is 0 Å². The minimum Gasteiger partial charge on any atom is -0.456 e. The summed E-state index contributed by atoms with van der Waals surface area (Å²) in [6.07, 6.45) is 0. The summed E-state index contributed by atoms with van der Waals surface area (Å²) in [5.74, 6) is 1.65. The molecule has 3 heterocycles. The van der Waals surface area contributed by atoms with E-state index in [0.29, 0.717) is 0 Å². The highest BCUT2D eigenvalue weighted by Crippen LogP contribution is 2.51. The molecule has 2 aromatic heterocycles. The minimum absolute atomic E-state index is 0.821. The summed E-state index contributed by atoms with van der Waals surface area (Å²) in [5.41, 5.74) is 13.0. The van der Waals surface area contributed by atoms with Crippen LogP contribution in [-0.4, -0.2) is 4.57 Å². The van der Waals surface area contributed by atoms with Gasteiger partial charge in [-0.3, -0.25) is 0 Å². The molecule has 0 saturated carbocycles. The Morgan fingerprint density at radius 2 is 1.03 bits per heavy atom. The van der Waals surface area contributed by atoms with Gasteiger partial charge in [0.05, 0.1) is 22.4 Å². The van der Waals surface area contributed by atoms with Gasteiger partial charge in [0.1, 0.15) is 11.2 Å². The number of furan rings is 1. The van der Waals surface area contributed by atoms with Crippen LogP contribution in [0.25, 0.3) is 93.2 Å². The zero-order valence-corrected chi connectivity index (χ0v) is 32.3. The van der Waals surface area contributed by atoms with E-state index in [0.717, 1.165) is 78.2 Å². The lowest BCUT2D eigenvalue weighted by Crippen LogP contribution is -2.15. The van der Waals surface area contributed by atoms with Gasteiger partial charge in [0.15, 0.2) is 11.5 Å². The molecule has 4 heteroatoms. The number of aromatic nitrogens is 1. The van der Waals surface area contributed by atoms with Crippen LogP contribution in [0.2, 0.25) is 0 Å². The van der Waals surface area contributed by atoms with Crippen LogP contribution in [0.1, 0.15) is 0 Å². The zero-order valence-electron chi connectivity index (χ0n) is 32.3. The van der Waals surface area contributed by atoms with Gasteiger partial charge in [0.2, 0.25) is 0 Å². The van der Waals surface area contributed by atoms with Gasteiger partial charge in [-0.15, -0.1) is 0 Å². The lowest BCUT2D eigenvalue weighted by molar-refractivity contribution is 0.477. The number of benzene rings is 10. The van der Waals surface area contributed by atoms with Gasteiger partial charge in [-0.05, 0) is 129 Å². The molecule has 0 bridgehead atoms. The van der Waals surface area contributed by atoms with Gasteiger partial charge in [0.25, 0.3) is 0 Å². The molecule has 0 saturated heterocycles. The Balaban J connectivity index is 0.894. The van der Waals surface area contributed by atoms with Crippen molar-refractivity contribution in [3.63, 3.8) is 0 Å². The molecular formula is C56H34N2O2. The number of hydrogen-bond acceptors (Lipinski definition) is 3. The summed E-state index contributed by atoms with van der Waals surface area (Å²) >= 11 is 0. The fraction of sp³-hybridized carbons (Fsp3) is 0. The van der Waals surface area contributed by atoms with Crippen LogP contribution in [0.5, 0.6) is 11.5 Å². The molecule has 60 heavy (non-hydrogen) atoms. The summed E-state index contributed by atoms with van der Waals surface area (Å²) < 4.78 is 15.3. The maximum Gasteiger partial charge on any atom is 0.152 e. The van der Waals surface area contributed by atoms with Gasteiger partial charge in [-0.2, -0.15) is 0 Å². The van der Waals surface area contributed by atoms with Crippen molar-refractivity contribution in [3.05, 3.63) is 206 Å². The molecule has 1 aliphatic rings. The third kappa shape index (κ3) is 4.98. The van der Waals surface area contributed by atoms with Gasteiger partial charge >= 0.3 is 0 Å². The molecule has 280 valence electrons. The van der Waals surface area contributed by atoms with Gasteiger partial charge in [-0.1, -0.05) is 121 Å². The molecule has 0 amide bonds. The van der Waals surface area contributed by atoms with Crippen LogP contribution in [0.3, 0.4) is 0 Å². The second kappa shape index (κ2) is 12.7. The SMILES string of the molecule is c1ccc2c(c1)Oc1cc(-c3ccc4c(c3)c3ccccc3n4-c3ccc4cc5c(cc4c3)oc3ccccc35)ccc1N2c1ccc(-c2cccc3ccccc23)cc1. The van der Waals surface area contributed by atoms with Crippen molar-refractivity contribution in [1.29, 1.82) is 0 Å². The van der Waals surface area contributed by atoms with E-state index in [1.807, 2.05) is 18.2 Å². The number of ether oxygens (including phenoxy) is 1. The molecule has 4 nitrogen and oxygen atoms in total. The third-order valence-electron chi connectivity index (χ3n) is 12.3. The average molecular weight is 767 g/mol. The molecule has 0 fully saturated rings. The lowest BCUT2D eigenvalue weighted by atomic mass is 9.98. The van der Waals surface area contributed by atoms with Crippen LogP contribution in [0, 0.1) is 0 Å². The Kier molecular flexibility index (Phi) is 6.98. The molecule has 0 aliphatic carbocycles. The van der Waals surface area contributed by atoms with E-state index in [9.17, 15) is 0 Å². The van der Waals surface area contributed by atoms with E-state index in [1.54, 1.807) is 0 Å². The smallest absolute Gasteiger partial charge is 0.152 e. The topological polar surface area (TPSA) is 30.5 Å². The quantitative estimate of drug-likeness (QED) is 0.179. The van der Waals surface area contributed by atoms with Gasteiger partial charge in [-0.25, -0.2) is 0 Å². The number of hydrogen-bond donors (Lipinski definition) is 0. The Labute approximate surface area is 345 Å². The molecule has 12 aromatic rings. The van der Waals surface area contributed by atoms with Crippen molar-refractivity contribution in [1.82, 2.24) is 4.57 Å². The lowest BCUT2D eigenvalue weighted by Gasteiger charge is -2.33. The maximum absolute atomic E-state index is 6.68. The van der Waals surface area contributed by atoms with E-state index < -0.39 is 0 Å². The number of nitrogens with zero attached hydrogens (tertiary/aromatic N) is 2. The summed E-state index contributed by atoms with van der Waals surface area (Å²) in [4.78, 5) is 2.31. The molecule has 0 spiro atoms. The van der Waals surface area contributed by atoms with E-state index in [1.165, 1.54) is 43.6 Å². The molecule has 0 unspecified atom stereocenters. The average Bonchev–Trinajstić information content (AvgIpc) is 3.84.